The fourth-order valence-electron chi connectivity index (χ4n) is 5.72. The van der Waals surface area contributed by atoms with Crippen molar-refractivity contribution < 1.29 is 28.4 Å². The van der Waals surface area contributed by atoms with E-state index < -0.39 is 13.2 Å². The highest BCUT2D eigenvalue weighted by atomic mass is 31.2. The third kappa shape index (κ3) is 5.77. The van der Waals surface area contributed by atoms with Crippen LogP contribution in [-0.4, -0.2) is 38.1 Å². The number of phosphoric ester groups is 1. The maximum Gasteiger partial charge on any atom is 0.524 e. The van der Waals surface area contributed by atoms with Crippen LogP contribution in [0.3, 0.4) is 0 Å². The molecule has 0 atom stereocenters. The average Bonchev–Trinajstić information content (AvgIpc) is 3.56. The molecule has 0 bridgehead atoms. The molecule has 0 spiro atoms. The van der Waals surface area contributed by atoms with Gasteiger partial charge in [-0.2, -0.15) is 0 Å². The summed E-state index contributed by atoms with van der Waals surface area (Å²) in [5.41, 5.74) is 6.11. The first-order valence-electron chi connectivity index (χ1n) is 13.5. The highest BCUT2D eigenvalue weighted by molar-refractivity contribution is 7.46. The molecule has 0 saturated heterocycles. The topological polar surface area (TPSA) is 126 Å². The monoisotopic (exact) mass is 587 g/mol. The minimum atomic E-state index is -4.82. The maximum absolute atomic E-state index is 14.2. The lowest BCUT2D eigenvalue weighted by Gasteiger charge is -2.29. The predicted octanol–water partition coefficient (Wildman–Crippen LogP) is 6.75. The Morgan fingerprint density at radius 2 is 1.81 bits per heavy atom. The summed E-state index contributed by atoms with van der Waals surface area (Å²) in [5, 5.41) is 0.878. The van der Waals surface area contributed by atoms with E-state index in [0.29, 0.717) is 28.4 Å². The van der Waals surface area contributed by atoms with Crippen molar-refractivity contribution in [3.63, 3.8) is 0 Å². The van der Waals surface area contributed by atoms with Crippen LogP contribution in [0.25, 0.3) is 17.0 Å². The van der Waals surface area contributed by atoms with Crippen molar-refractivity contribution in [2.24, 2.45) is 4.99 Å². The van der Waals surface area contributed by atoms with Gasteiger partial charge in [0.25, 0.3) is 0 Å². The van der Waals surface area contributed by atoms with Crippen LogP contribution in [0.4, 0.5) is 0 Å². The standard InChI is InChI=1S/C32H34N3O6P/c1-19-10-9-13-28(41-42(37,38)39)31(19)32(4,5)18-30(36)35-26-12-8-7-11-22(26)15-27(35)24-17-29(40-6)25(34-24)16-23-20(2)14-21(3)33-23/h7-17,33H,18H2,1-6H3,(H2,37,38,39)/b25-16+. The number of phosphoric acid groups is 1. The van der Waals surface area contributed by atoms with E-state index in [2.05, 4.69) is 11.1 Å². The number of nitrogens with one attached hydrogen (secondary N) is 1. The first kappa shape index (κ1) is 29.3. The highest BCUT2D eigenvalue weighted by Gasteiger charge is 2.33. The predicted molar refractivity (Wildman–Crippen MR) is 164 cm³/mol. The van der Waals surface area contributed by atoms with E-state index >= 15 is 0 Å². The molecule has 2 aromatic carbocycles. The number of hydrogen-bond donors (Lipinski definition) is 3. The number of aliphatic imine (C=N–C) groups is 1. The number of H-pyrrole nitrogens is 1. The normalized spacial score (nSPS) is 14.8. The number of fused-ring (bicyclic) bond motifs is 1. The van der Waals surface area contributed by atoms with Crippen LogP contribution in [0.2, 0.25) is 0 Å². The molecular weight excluding hydrogens is 553 g/mol. The van der Waals surface area contributed by atoms with Gasteiger partial charge in [0.1, 0.15) is 17.2 Å². The average molecular weight is 588 g/mol. The minimum absolute atomic E-state index is 0.0266. The summed E-state index contributed by atoms with van der Waals surface area (Å²) < 4.78 is 24.1. The molecule has 0 aliphatic carbocycles. The van der Waals surface area contributed by atoms with Gasteiger partial charge in [-0.1, -0.05) is 44.2 Å². The molecule has 1 aliphatic heterocycles. The molecule has 42 heavy (non-hydrogen) atoms. The number of ether oxygens (including phenoxy) is 1. The molecule has 10 heteroatoms. The van der Waals surface area contributed by atoms with E-state index in [1.807, 2.05) is 83.2 Å². The van der Waals surface area contributed by atoms with Crippen molar-refractivity contribution in [2.45, 2.75) is 46.5 Å². The quantitative estimate of drug-likeness (QED) is 0.196. The Bertz CT molecular complexity index is 1850. The minimum Gasteiger partial charge on any atom is -0.494 e. The Balaban J connectivity index is 1.59. The second-order valence-electron chi connectivity index (χ2n) is 11.2. The number of aryl methyl sites for hydroxylation is 3. The molecule has 0 unspecified atom stereocenters. The molecule has 0 saturated carbocycles. The van der Waals surface area contributed by atoms with Gasteiger partial charge in [-0.3, -0.25) is 19.1 Å². The van der Waals surface area contributed by atoms with E-state index in [1.54, 1.807) is 17.7 Å². The lowest BCUT2D eigenvalue weighted by atomic mass is 9.78. The van der Waals surface area contributed by atoms with Crippen molar-refractivity contribution >= 4 is 36.4 Å². The zero-order valence-corrected chi connectivity index (χ0v) is 25.3. The number of hydrogen-bond acceptors (Lipinski definition) is 5. The molecule has 3 heterocycles. The van der Waals surface area contributed by atoms with E-state index in [0.717, 1.165) is 33.4 Å². The number of benzene rings is 2. The van der Waals surface area contributed by atoms with Gasteiger partial charge in [-0.25, -0.2) is 9.56 Å². The van der Waals surface area contributed by atoms with E-state index in [1.165, 1.54) is 6.07 Å². The molecular formula is C32H34N3O6P. The molecule has 5 rings (SSSR count). The van der Waals surface area contributed by atoms with Gasteiger partial charge in [0.15, 0.2) is 0 Å². The summed E-state index contributed by atoms with van der Waals surface area (Å²) in [6.45, 7) is 9.57. The summed E-state index contributed by atoms with van der Waals surface area (Å²) in [5.74, 6) is 0.432. The number of allylic oxidation sites excluding steroid dienone is 1. The van der Waals surface area contributed by atoms with Crippen LogP contribution < -0.4 is 4.52 Å². The van der Waals surface area contributed by atoms with Crippen LogP contribution in [0.5, 0.6) is 5.75 Å². The molecule has 1 aliphatic rings. The molecule has 0 radical (unpaired) electrons. The molecule has 3 N–H and O–H groups in total. The van der Waals surface area contributed by atoms with Crippen molar-refractivity contribution in [2.75, 3.05) is 7.11 Å². The number of aromatic amines is 1. The lowest BCUT2D eigenvalue weighted by Crippen LogP contribution is -2.28. The fraction of sp³-hybridized carbons (Fsp3) is 0.250. The zero-order valence-electron chi connectivity index (χ0n) is 24.4. The smallest absolute Gasteiger partial charge is 0.494 e. The van der Waals surface area contributed by atoms with Gasteiger partial charge in [0.05, 0.1) is 24.0 Å². The van der Waals surface area contributed by atoms with Crippen LogP contribution in [0, 0.1) is 20.8 Å². The summed E-state index contributed by atoms with van der Waals surface area (Å²) in [4.78, 5) is 41.5. The van der Waals surface area contributed by atoms with Gasteiger partial charge in [-0.15, -0.1) is 0 Å². The second kappa shape index (κ2) is 10.9. The largest absolute Gasteiger partial charge is 0.524 e. The number of rotatable bonds is 8. The first-order valence-corrected chi connectivity index (χ1v) is 15.0. The number of methoxy groups -OCH3 is 1. The van der Waals surface area contributed by atoms with Gasteiger partial charge >= 0.3 is 7.82 Å². The summed E-state index contributed by atoms with van der Waals surface area (Å²) in [7, 11) is -3.22. The van der Waals surface area contributed by atoms with Crippen molar-refractivity contribution in [3.8, 4) is 5.75 Å². The summed E-state index contributed by atoms with van der Waals surface area (Å²) >= 11 is 0. The van der Waals surface area contributed by atoms with E-state index in [9.17, 15) is 19.1 Å². The van der Waals surface area contributed by atoms with Crippen LogP contribution in [0.1, 0.15) is 58.8 Å². The summed E-state index contributed by atoms with van der Waals surface area (Å²) in [6.07, 6.45) is 3.79. The Labute approximate surface area is 244 Å². The van der Waals surface area contributed by atoms with E-state index in [-0.39, 0.29) is 18.1 Å². The molecule has 0 fully saturated rings. The van der Waals surface area contributed by atoms with Gasteiger partial charge in [-0.05, 0) is 62.2 Å². The molecule has 0 amide bonds. The third-order valence-corrected chi connectivity index (χ3v) is 7.83. The zero-order chi connectivity index (χ0) is 30.4. The number of carbonyl (C=O) groups excluding carboxylic acids is 1. The number of aromatic nitrogens is 2. The maximum atomic E-state index is 14.2. The van der Waals surface area contributed by atoms with Crippen LogP contribution in [-0.2, 0) is 14.7 Å². The number of carbonyl (C=O) groups is 1. The lowest BCUT2D eigenvalue weighted by molar-refractivity contribution is 0.0881. The van der Waals surface area contributed by atoms with Crippen molar-refractivity contribution in [1.82, 2.24) is 9.55 Å². The Morgan fingerprint density at radius 3 is 2.48 bits per heavy atom. The van der Waals surface area contributed by atoms with Gasteiger partial charge in [0, 0.05) is 40.2 Å². The van der Waals surface area contributed by atoms with Crippen LogP contribution in [0.15, 0.2) is 77.1 Å². The highest BCUT2D eigenvalue weighted by Crippen LogP contribution is 2.45. The number of nitrogens with zero attached hydrogens (tertiary/aromatic N) is 2. The SMILES string of the molecule is COC1=CC(c2cc3ccccc3n2C(=O)CC(C)(C)c2c(C)cccc2OP(=O)(O)O)=N/C1=C/c1[nH]c(C)cc1C. The van der Waals surface area contributed by atoms with Crippen LogP contribution >= 0.6 is 7.82 Å². The van der Waals surface area contributed by atoms with Gasteiger partial charge in [0.2, 0.25) is 5.91 Å². The fourth-order valence-corrected chi connectivity index (χ4v) is 6.13. The molecule has 218 valence electrons. The second-order valence-corrected chi connectivity index (χ2v) is 12.4. The Morgan fingerprint density at radius 1 is 1.07 bits per heavy atom. The Hall–Kier alpha value is -4.17. The van der Waals surface area contributed by atoms with Crippen molar-refractivity contribution in [3.05, 3.63) is 106 Å². The Kier molecular flexibility index (Phi) is 7.62. The molecule has 4 aromatic rings. The summed E-state index contributed by atoms with van der Waals surface area (Å²) in [6, 6.07) is 16.6. The third-order valence-electron chi connectivity index (χ3n) is 7.40. The number of para-hydroxylation sites is 1. The van der Waals surface area contributed by atoms with Gasteiger partial charge < -0.3 is 14.2 Å². The molecule has 2 aromatic heterocycles. The molecule has 9 nitrogen and oxygen atoms in total. The van der Waals surface area contributed by atoms with Crippen molar-refractivity contribution in [1.29, 1.82) is 0 Å². The first-order chi connectivity index (χ1) is 19.8. The van der Waals surface area contributed by atoms with E-state index in [4.69, 9.17) is 14.3 Å².